The van der Waals surface area contributed by atoms with Gasteiger partial charge in [-0.3, -0.25) is 0 Å². The lowest BCUT2D eigenvalue weighted by Crippen LogP contribution is -2.30. The van der Waals surface area contributed by atoms with Crippen molar-refractivity contribution in [2.75, 3.05) is 25.6 Å². The molecule has 0 saturated heterocycles. The normalized spacial score (nSPS) is 11.9. The van der Waals surface area contributed by atoms with E-state index >= 15 is 0 Å². The van der Waals surface area contributed by atoms with Gasteiger partial charge in [0.2, 0.25) is 0 Å². The fourth-order valence-electron chi connectivity index (χ4n) is 2.28. The molecule has 1 atom stereocenters. The molecule has 0 aromatic heterocycles. The van der Waals surface area contributed by atoms with Crippen LogP contribution >= 0.6 is 0 Å². The Balaban J connectivity index is 2.33. The summed E-state index contributed by atoms with van der Waals surface area (Å²) in [6.45, 7) is 0.554. The summed E-state index contributed by atoms with van der Waals surface area (Å²) in [5.74, 6) is 0.861. The van der Waals surface area contributed by atoms with E-state index in [1.807, 2.05) is 49.5 Å². The average molecular weight is 256 g/mol. The van der Waals surface area contributed by atoms with E-state index in [4.69, 9.17) is 10.5 Å². The Kier molecular flexibility index (Phi) is 4.42. The van der Waals surface area contributed by atoms with Gasteiger partial charge in [-0.1, -0.05) is 42.5 Å². The van der Waals surface area contributed by atoms with E-state index in [0.29, 0.717) is 6.54 Å². The molecule has 2 rings (SSSR count). The number of nitrogens with zero attached hydrogens (tertiary/aromatic N) is 1. The first-order valence-corrected chi connectivity index (χ1v) is 6.38. The van der Waals surface area contributed by atoms with Gasteiger partial charge in [0.1, 0.15) is 5.75 Å². The first kappa shape index (κ1) is 13.4. The summed E-state index contributed by atoms with van der Waals surface area (Å²) in [6, 6.07) is 18.4. The average Bonchev–Trinajstić information content (AvgIpc) is 2.49. The Morgan fingerprint density at radius 1 is 1.05 bits per heavy atom. The fourth-order valence-corrected chi connectivity index (χ4v) is 2.28. The number of methoxy groups -OCH3 is 1. The summed E-state index contributed by atoms with van der Waals surface area (Å²) in [5, 5.41) is 0. The number of para-hydroxylation sites is 2. The van der Waals surface area contributed by atoms with E-state index in [0.717, 1.165) is 11.4 Å². The molecule has 2 aromatic rings. The standard InChI is InChI=1S/C16H20N2O/c1-18(14-10-6-7-11-16(14)19-2)15(12-17)13-8-4-3-5-9-13/h3-11,15H,12,17H2,1-2H3. The second-order valence-corrected chi connectivity index (χ2v) is 4.44. The third kappa shape index (κ3) is 2.88. The van der Waals surface area contributed by atoms with Crippen LogP contribution in [0.2, 0.25) is 0 Å². The molecular weight excluding hydrogens is 236 g/mol. The molecule has 19 heavy (non-hydrogen) atoms. The third-order valence-electron chi connectivity index (χ3n) is 3.34. The first-order chi connectivity index (χ1) is 9.27. The Bertz CT molecular complexity index is 513. The molecule has 0 aliphatic heterocycles. The number of benzene rings is 2. The molecular formula is C16H20N2O. The number of rotatable bonds is 5. The molecule has 3 heteroatoms. The summed E-state index contributed by atoms with van der Waals surface area (Å²) < 4.78 is 5.41. The second kappa shape index (κ2) is 6.25. The highest BCUT2D eigenvalue weighted by molar-refractivity contribution is 5.59. The van der Waals surface area contributed by atoms with E-state index in [-0.39, 0.29) is 6.04 Å². The van der Waals surface area contributed by atoms with Gasteiger partial charge in [-0.05, 0) is 17.7 Å². The summed E-state index contributed by atoms with van der Waals surface area (Å²) in [5.41, 5.74) is 8.20. The molecule has 0 aliphatic rings. The van der Waals surface area contributed by atoms with Crippen molar-refractivity contribution in [2.45, 2.75) is 6.04 Å². The monoisotopic (exact) mass is 256 g/mol. The predicted molar refractivity (Wildman–Crippen MR) is 79.6 cm³/mol. The predicted octanol–water partition coefficient (Wildman–Crippen LogP) is 2.83. The van der Waals surface area contributed by atoms with Gasteiger partial charge >= 0.3 is 0 Å². The SMILES string of the molecule is COc1ccccc1N(C)C(CN)c1ccccc1. The topological polar surface area (TPSA) is 38.5 Å². The Morgan fingerprint density at radius 2 is 1.68 bits per heavy atom. The van der Waals surface area contributed by atoms with Crippen LogP contribution in [0.4, 0.5) is 5.69 Å². The molecule has 0 spiro atoms. The molecule has 0 aliphatic carbocycles. The molecule has 1 unspecified atom stereocenters. The maximum absolute atomic E-state index is 5.95. The van der Waals surface area contributed by atoms with Gasteiger partial charge in [-0.25, -0.2) is 0 Å². The lowest BCUT2D eigenvalue weighted by Gasteiger charge is -2.30. The van der Waals surface area contributed by atoms with Crippen molar-refractivity contribution in [1.82, 2.24) is 0 Å². The van der Waals surface area contributed by atoms with Crippen LogP contribution in [0.15, 0.2) is 54.6 Å². The number of hydrogen-bond acceptors (Lipinski definition) is 3. The maximum Gasteiger partial charge on any atom is 0.142 e. The quantitative estimate of drug-likeness (QED) is 0.894. The van der Waals surface area contributed by atoms with E-state index in [1.165, 1.54) is 5.56 Å². The molecule has 0 fully saturated rings. The lowest BCUT2D eigenvalue weighted by molar-refractivity contribution is 0.413. The number of anilines is 1. The number of nitrogens with two attached hydrogens (primary N) is 1. The van der Waals surface area contributed by atoms with Crippen molar-refractivity contribution in [2.24, 2.45) is 5.73 Å². The van der Waals surface area contributed by atoms with Crippen molar-refractivity contribution in [3.8, 4) is 5.75 Å². The smallest absolute Gasteiger partial charge is 0.142 e. The van der Waals surface area contributed by atoms with E-state index < -0.39 is 0 Å². The van der Waals surface area contributed by atoms with Crippen molar-refractivity contribution in [3.63, 3.8) is 0 Å². The third-order valence-corrected chi connectivity index (χ3v) is 3.34. The van der Waals surface area contributed by atoms with Crippen molar-refractivity contribution < 1.29 is 4.74 Å². The summed E-state index contributed by atoms with van der Waals surface area (Å²) in [4.78, 5) is 2.16. The van der Waals surface area contributed by atoms with Crippen molar-refractivity contribution in [3.05, 3.63) is 60.2 Å². The molecule has 0 heterocycles. The van der Waals surface area contributed by atoms with Crippen molar-refractivity contribution in [1.29, 1.82) is 0 Å². The first-order valence-electron chi connectivity index (χ1n) is 6.38. The van der Waals surface area contributed by atoms with E-state index in [9.17, 15) is 0 Å². The lowest BCUT2D eigenvalue weighted by atomic mass is 10.1. The van der Waals surface area contributed by atoms with Gasteiger partial charge < -0.3 is 15.4 Å². The van der Waals surface area contributed by atoms with Crippen LogP contribution in [0.3, 0.4) is 0 Å². The van der Waals surface area contributed by atoms with Crippen LogP contribution in [-0.2, 0) is 0 Å². The molecule has 2 aromatic carbocycles. The summed E-state index contributed by atoms with van der Waals surface area (Å²) in [7, 11) is 3.73. The second-order valence-electron chi connectivity index (χ2n) is 4.44. The molecule has 0 saturated carbocycles. The van der Waals surface area contributed by atoms with Gasteiger partial charge in [0, 0.05) is 13.6 Å². The minimum absolute atomic E-state index is 0.137. The molecule has 0 bridgehead atoms. The zero-order valence-electron chi connectivity index (χ0n) is 11.4. The van der Waals surface area contributed by atoms with Crippen molar-refractivity contribution >= 4 is 5.69 Å². The minimum Gasteiger partial charge on any atom is -0.495 e. The maximum atomic E-state index is 5.95. The minimum atomic E-state index is 0.137. The molecule has 3 nitrogen and oxygen atoms in total. The van der Waals surface area contributed by atoms with Crippen LogP contribution in [0.1, 0.15) is 11.6 Å². The van der Waals surface area contributed by atoms with Crippen LogP contribution < -0.4 is 15.4 Å². The molecule has 2 N–H and O–H groups in total. The van der Waals surface area contributed by atoms with Gasteiger partial charge in [-0.2, -0.15) is 0 Å². The highest BCUT2D eigenvalue weighted by atomic mass is 16.5. The van der Waals surface area contributed by atoms with Crippen LogP contribution in [-0.4, -0.2) is 20.7 Å². The Labute approximate surface area is 114 Å². The highest BCUT2D eigenvalue weighted by Gasteiger charge is 2.18. The van der Waals surface area contributed by atoms with Gasteiger partial charge in [0.25, 0.3) is 0 Å². The summed E-state index contributed by atoms with van der Waals surface area (Å²) >= 11 is 0. The molecule has 100 valence electrons. The largest absolute Gasteiger partial charge is 0.495 e. The number of ether oxygens (including phenoxy) is 1. The molecule has 0 amide bonds. The highest BCUT2D eigenvalue weighted by Crippen LogP contribution is 2.32. The van der Waals surface area contributed by atoms with Crippen LogP contribution in [0.5, 0.6) is 5.75 Å². The Morgan fingerprint density at radius 3 is 2.32 bits per heavy atom. The van der Waals surface area contributed by atoms with E-state index in [2.05, 4.69) is 17.0 Å². The molecule has 0 radical (unpaired) electrons. The fraction of sp³-hybridized carbons (Fsp3) is 0.250. The van der Waals surface area contributed by atoms with Gasteiger partial charge in [-0.15, -0.1) is 0 Å². The Hall–Kier alpha value is -2.00. The zero-order chi connectivity index (χ0) is 13.7. The zero-order valence-corrected chi connectivity index (χ0v) is 11.4. The van der Waals surface area contributed by atoms with Crippen LogP contribution in [0, 0.1) is 0 Å². The number of hydrogen-bond donors (Lipinski definition) is 1. The van der Waals surface area contributed by atoms with E-state index in [1.54, 1.807) is 7.11 Å². The van der Waals surface area contributed by atoms with Gasteiger partial charge in [0.15, 0.2) is 0 Å². The van der Waals surface area contributed by atoms with Crippen LogP contribution in [0.25, 0.3) is 0 Å². The van der Waals surface area contributed by atoms with Gasteiger partial charge in [0.05, 0.1) is 18.8 Å². The number of likely N-dealkylation sites (N-methyl/N-ethyl adjacent to an activating group) is 1. The summed E-state index contributed by atoms with van der Waals surface area (Å²) in [6.07, 6.45) is 0.